The molecule has 16 heavy (non-hydrogen) atoms. The molecule has 1 N–H and O–H groups in total. The average molecular weight is 285 g/mol. The summed E-state index contributed by atoms with van der Waals surface area (Å²) < 4.78 is 0.874. The Kier molecular flexibility index (Phi) is 4.93. The number of hydrogen-bond donors (Lipinski definition) is 1. The van der Waals surface area contributed by atoms with Gasteiger partial charge in [0, 0.05) is 16.7 Å². The van der Waals surface area contributed by atoms with Gasteiger partial charge in [0.15, 0.2) is 0 Å². The van der Waals surface area contributed by atoms with E-state index in [4.69, 9.17) is 0 Å². The highest BCUT2D eigenvalue weighted by Crippen LogP contribution is 2.08. The third-order valence-corrected chi connectivity index (χ3v) is 2.63. The van der Waals surface area contributed by atoms with E-state index in [0.717, 1.165) is 10.9 Å². The van der Waals surface area contributed by atoms with Crippen LogP contribution in [0.2, 0.25) is 0 Å². The van der Waals surface area contributed by atoms with Crippen molar-refractivity contribution in [1.29, 1.82) is 0 Å². The zero-order valence-electron chi connectivity index (χ0n) is 9.83. The zero-order chi connectivity index (χ0) is 12.1. The summed E-state index contributed by atoms with van der Waals surface area (Å²) in [5.41, 5.74) is 0.457. The van der Waals surface area contributed by atoms with Crippen LogP contribution in [-0.4, -0.2) is 16.9 Å². The third-order valence-electron chi connectivity index (χ3n) is 2.16. The predicted octanol–water partition coefficient (Wildman–Crippen LogP) is 3.01. The number of pyridine rings is 1. The number of hydrogen-bond acceptors (Lipinski definition) is 2. The minimum absolute atomic E-state index is 0.111. The van der Waals surface area contributed by atoms with E-state index in [1.807, 2.05) is 13.0 Å². The lowest BCUT2D eigenvalue weighted by molar-refractivity contribution is 0.0931. The van der Waals surface area contributed by atoms with Crippen molar-refractivity contribution in [3.8, 4) is 0 Å². The highest BCUT2D eigenvalue weighted by Gasteiger charge is 2.11. The van der Waals surface area contributed by atoms with Crippen molar-refractivity contribution >= 4 is 21.8 Å². The first-order valence-corrected chi connectivity index (χ1v) is 6.20. The fourth-order valence-corrected chi connectivity index (χ4v) is 1.81. The molecular formula is C12H17BrN2O. The average Bonchev–Trinajstić information content (AvgIpc) is 2.16. The largest absolute Gasteiger partial charge is 0.348 e. The van der Waals surface area contributed by atoms with Crippen LogP contribution in [0, 0.1) is 5.92 Å². The molecule has 1 atom stereocenters. The lowest BCUT2D eigenvalue weighted by Crippen LogP contribution is -2.33. The molecule has 0 spiro atoms. The molecule has 0 bridgehead atoms. The molecule has 1 heterocycles. The van der Waals surface area contributed by atoms with Crippen molar-refractivity contribution in [2.24, 2.45) is 5.92 Å². The van der Waals surface area contributed by atoms with E-state index in [1.165, 1.54) is 0 Å². The van der Waals surface area contributed by atoms with Crippen LogP contribution in [0.1, 0.15) is 37.7 Å². The van der Waals surface area contributed by atoms with Crippen LogP contribution in [0.15, 0.2) is 22.8 Å². The lowest BCUT2D eigenvalue weighted by Gasteiger charge is -2.15. The number of carbonyl (C=O) groups excluding carboxylic acids is 1. The Labute approximate surface area is 105 Å². The Bertz CT molecular complexity index is 349. The van der Waals surface area contributed by atoms with Crippen LogP contribution in [0.3, 0.4) is 0 Å². The summed E-state index contributed by atoms with van der Waals surface area (Å²) in [4.78, 5) is 15.8. The first-order chi connectivity index (χ1) is 7.49. The molecule has 0 saturated carbocycles. The van der Waals surface area contributed by atoms with Gasteiger partial charge < -0.3 is 5.32 Å². The zero-order valence-corrected chi connectivity index (χ0v) is 11.4. The number of carbonyl (C=O) groups is 1. The number of rotatable bonds is 4. The van der Waals surface area contributed by atoms with Crippen LogP contribution in [0.4, 0.5) is 0 Å². The van der Waals surface area contributed by atoms with E-state index in [1.54, 1.807) is 12.3 Å². The first kappa shape index (κ1) is 13.2. The standard InChI is InChI=1S/C12H17BrN2O/c1-8(2)6-9(3)15-12(16)11-5-4-10(13)7-14-11/h4-5,7-9H,6H2,1-3H3,(H,15,16). The molecule has 0 saturated heterocycles. The molecule has 1 aromatic heterocycles. The summed E-state index contributed by atoms with van der Waals surface area (Å²) in [5, 5.41) is 2.93. The summed E-state index contributed by atoms with van der Waals surface area (Å²) in [6.45, 7) is 6.29. The van der Waals surface area contributed by atoms with E-state index in [0.29, 0.717) is 11.6 Å². The minimum Gasteiger partial charge on any atom is -0.348 e. The van der Waals surface area contributed by atoms with Gasteiger partial charge in [-0.25, -0.2) is 4.98 Å². The molecule has 1 unspecified atom stereocenters. The topological polar surface area (TPSA) is 42.0 Å². The van der Waals surface area contributed by atoms with Crippen LogP contribution in [0.5, 0.6) is 0 Å². The number of halogens is 1. The van der Waals surface area contributed by atoms with Crippen molar-refractivity contribution in [2.75, 3.05) is 0 Å². The van der Waals surface area contributed by atoms with Gasteiger partial charge in [-0.3, -0.25) is 4.79 Å². The normalized spacial score (nSPS) is 12.6. The molecule has 1 rings (SSSR count). The second kappa shape index (κ2) is 5.99. The van der Waals surface area contributed by atoms with E-state index in [-0.39, 0.29) is 11.9 Å². The Morgan fingerprint density at radius 3 is 2.62 bits per heavy atom. The third kappa shape index (κ3) is 4.31. The molecule has 1 amide bonds. The summed E-state index contributed by atoms with van der Waals surface area (Å²) >= 11 is 3.28. The minimum atomic E-state index is -0.111. The van der Waals surface area contributed by atoms with Gasteiger partial charge in [-0.2, -0.15) is 0 Å². The lowest BCUT2D eigenvalue weighted by atomic mass is 10.1. The van der Waals surface area contributed by atoms with Gasteiger partial charge in [0.1, 0.15) is 5.69 Å². The number of nitrogens with one attached hydrogen (secondary N) is 1. The van der Waals surface area contributed by atoms with Crippen LogP contribution in [-0.2, 0) is 0 Å². The Balaban J connectivity index is 2.55. The quantitative estimate of drug-likeness (QED) is 0.924. The number of aromatic nitrogens is 1. The van der Waals surface area contributed by atoms with E-state index >= 15 is 0 Å². The van der Waals surface area contributed by atoms with Gasteiger partial charge in [-0.1, -0.05) is 13.8 Å². The Morgan fingerprint density at radius 1 is 1.44 bits per heavy atom. The molecule has 0 aromatic carbocycles. The van der Waals surface area contributed by atoms with Gasteiger partial charge in [-0.05, 0) is 47.3 Å². The van der Waals surface area contributed by atoms with E-state index < -0.39 is 0 Å². The van der Waals surface area contributed by atoms with Crippen LogP contribution >= 0.6 is 15.9 Å². The van der Waals surface area contributed by atoms with Crippen molar-refractivity contribution < 1.29 is 4.79 Å². The van der Waals surface area contributed by atoms with Gasteiger partial charge in [0.2, 0.25) is 0 Å². The second-order valence-electron chi connectivity index (χ2n) is 4.37. The highest BCUT2D eigenvalue weighted by atomic mass is 79.9. The van der Waals surface area contributed by atoms with Crippen molar-refractivity contribution in [3.63, 3.8) is 0 Å². The second-order valence-corrected chi connectivity index (χ2v) is 5.28. The molecule has 1 aromatic rings. The molecule has 0 aliphatic carbocycles. The van der Waals surface area contributed by atoms with E-state index in [9.17, 15) is 4.79 Å². The summed E-state index contributed by atoms with van der Waals surface area (Å²) in [7, 11) is 0. The van der Waals surface area contributed by atoms with E-state index in [2.05, 4.69) is 40.1 Å². The number of nitrogens with zero attached hydrogens (tertiary/aromatic N) is 1. The highest BCUT2D eigenvalue weighted by molar-refractivity contribution is 9.10. The van der Waals surface area contributed by atoms with Gasteiger partial charge in [-0.15, -0.1) is 0 Å². The fourth-order valence-electron chi connectivity index (χ4n) is 1.57. The summed E-state index contributed by atoms with van der Waals surface area (Å²) in [5.74, 6) is 0.467. The monoisotopic (exact) mass is 284 g/mol. The fraction of sp³-hybridized carbons (Fsp3) is 0.500. The first-order valence-electron chi connectivity index (χ1n) is 5.41. The molecule has 4 heteroatoms. The van der Waals surface area contributed by atoms with Gasteiger partial charge in [0.25, 0.3) is 5.91 Å². The van der Waals surface area contributed by atoms with Crippen molar-refractivity contribution in [2.45, 2.75) is 33.2 Å². The molecule has 88 valence electrons. The maximum Gasteiger partial charge on any atom is 0.270 e. The predicted molar refractivity (Wildman–Crippen MR) is 68.3 cm³/mol. The maximum absolute atomic E-state index is 11.8. The molecule has 0 aliphatic heterocycles. The maximum atomic E-state index is 11.8. The smallest absolute Gasteiger partial charge is 0.270 e. The Morgan fingerprint density at radius 2 is 2.12 bits per heavy atom. The van der Waals surface area contributed by atoms with Gasteiger partial charge >= 0.3 is 0 Å². The molecule has 3 nitrogen and oxygen atoms in total. The summed E-state index contributed by atoms with van der Waals surface area (Å²) in [6, 6.07) is 3.70. The van der Waals surface area contributed by atoms with Crippen molar-refractivity contribution in [3.05, 3.63) is 28.5 Å². The molecule has 0 aliphatic rings. The SMILES string of the molecule is CC(C)CC(C)NC(=O)c1ccc(Br)cn1. The van der Waals surface area contributed by atoms with Crippen LogP contribution in [0.25, 0.3) is 0 Å². The van der Waals surface area contributed by atoms with Crippen molar-refractivity contribution in [1.82, 2.24) is 10.3 Å². The summed E-state index contributed by atoms with van der Waals surface area (Å²) in [6.07, 6.45) is 2.60. The van der Waals surface area contributed by atoms with Crippen LogP contribution < -0.4 is 5.32 Å². The molecular weight excluding hydrogens is 268 g/mol. The molecule has 0 fully saturated rings. The number of amides is 1. The Hall–Kier alpha value is -0.900. The molecule has 0 radical (unpaired) electrons. The van der Waals surface area contributed by atoms with Gasteiger partial charge in [0.05, 0.1) is 0 Å².